The summed E-state index contributed by atoms with van der Waals surface area (Å²) < 4.78 is 6.10. The Morgan fingerprint density at radius 1 is 1.39 bits per heavy atom. The van der Waals surface area contributed by atoms with E-state index in [0.29, 0.717) is 6.54 Å². The Morgan fingerprint density at radius 3 is 2.65 bits per heavy atom. The van der Waals surface area contributed by atoms with Gasteiger partial charge in [-0.15, -0.1) is 0 Å². The largest absolute Gasteiger partial charge is 0.480 e. The number of amides is 1. The summed E-state index contributed by atoms with van der Waals surface area (Å²) >= 11 is 3.42. The topological polar surface area (TPSA) is 83.0 Å². The number of carbonyl (C=O) groups is 2. The molecule has 1 unspecified atom stereocenters. The van der Waals surface area contributed by atoms with Gasteiger partial charge >= 0.3 is 12.1 Å². The van der Waals surface area contributed by atoms with E-state index >= 15 is 0 Å². The predicted octanol–water partition coefficient (Wildman–Crippen LogP) is 2.35. The van der Waals surface area contributed by atoms with Crippen molar-refractivity contribution in [1.82, 2.24) is 9.88 Å². The van der Waals surface area contributed by atoms with Gasteiger partial charge in [-0.25, -0.2) is 9.59 Å². The van der Waals surface area contributed by atoms with E-state index in [4.69, 9.17) is 4.74 Å². The van der Waals surface area contributed by atoms with Gasteiger partial charge in [0.2, 0.25) is 0 Å². The van der Waals surface area contributed by atoms with Gasteiger partial charge in [0.15, 0.2) is 0 Å². The first kappa shape index (κ1) is 17.5. The average Bonchev–Trinajstić information content (AvgIpc) is 2.45. The number of pyridine rings is 1. The molecule has 2 rings (SSSR count). The van der Waals surface area contributed by atoms with Crippen molar-refractivity contribution in [2.75, 3.05) is 24.5 Å². The first-order valence-corrected chi connectivity index (χ1v) is 8.05. The SMILES string of the molecule is CC(C)(C)OC(=O)N1CCN(c2ccncc2Br)CC1C(=O)O. The maximum Gasteiger partial charge on any atom is 0.411 e. The van der Waals surface area contributed by atoms with Gasteiger partial charge in [-0.3, -0.25) is 9.88 Å². The molecule has 2 heterocycles. The van der Waals surface area contributed by atoms with Crippen LogP contribution in [0.2, 0.25) is 0 Å². The molecule has 1 N–H and O–H groups in total. The highest BCUT2D eigenvalue weighted by Gasteiger charge is 2.38. The molecule has 1 fully saturated rings. The highest BCUT2D eigenvalue weighted by molar-refractivity contribution is 9.10. The van der Waals surface area contributed by atoms with E-state index < -0.39 is 23.7 Å². The molecule has 0 aromatic carbocycles. The molecule has 0 radical (unpaired) electrons. The highest BCUT2D eigenvalue weighted by Crippen LogP contribution is 2.27. The highest BCUT2D eigenvalue weighted by atomic mass is 79.9. The zero-order valence-electron chi connectivity index (χ0n) is 13.3. The lowest BCUT2D eigenvalue weighted by atomic mass is 10.1. The molecule has 0 spiro atoms. The third-order valence-corrected chi connectivity index (χ3v) is 4.00. The Morgan fingerprint density at radius 2 is 2.09 bits per heavy atom. The van der Waals surface area contributed by atoms with Crippen molar-refractivity contribution in [2.45, 2.75) is 32.4 Å². The van der Waals surface area contributed by atoms with Gasteiger partial charge in [-0.2, -0.15) is 0 Å². The van der Waals surface area contributed by atoms with E-state index in [9.17, 15) is 14.7 Å². The van der Waals surface area contributed by atoms with Crippen molar-refractivity contribution in [3.63, 3.8) is 0 Å². The van der Waals surface area contributed by atoms with Crippen LogP contribution < -0.4 is 4.90 Å². The van der Waals surface area contributed by atoms with Crippen molar-refractivity contribution in [3.8, 4) is 0 Å². The van der Waals surface area contributed by atoms with Crippen LogP contribution in [-0.4, -0.2) is 58.3 Å². The number of hydrogen-bond donors (Lipinski definition) is 1. The molecule has 1 atom stereocenters. The Labute approximate surface area is 143 Å². The number of carboxylic acid groups (broad SMARTS) is 1. The molecule has 1 aliphatic rings. The molecule has 0 aliphatic carbocycles. The van der Waals surface area contributed by atoms with Crippen molar-refractivity contribution in [2.24, 2.45) is 0 Å². The minimum absolute atomic E-state index is 0.192. The smallest absolute Gasteiger partial charge is 0.411 e. The summed E-state index contributed by atoms with van der Waals surface area (Å²) in [6.45, 7) is 6.25. The summed E-state index contributed by atoms with van der Waals surface area (Å²) in [5, 5.41) is 9.49. The Bertz CT molecular complexity index is 603. The van der Waals surface area contributed by atoms with Crippen molar-refractivity contribution in [1.29, 1.82) is 0 Å². The van der Waals surface area contributed by atoms with Gasteiger partial charge in [0.1, 0.15) is 11.6 Å². The fourth-order valence-corrected chi connectivity index (χ4v) is 2.88. The molecule has 0 bridgehead atoms. The lowest BCUT2D eigenvalue weighted by Gasteiger charge is -2.40. The van der Waals surface area contributed by atoms with Crippen molar-refractivity contribution in [3.05, 3.63) is 22.9 Å². The van der Waals surface area contributed by atoms with Crippen LogP contribution in [0.15, 0.2) is 22.9 Å². The minimum atomic E-state index is -1.05. The van der Waals surface area contributed by atoms with Gasteiger partial charge in [0.25, 0.3) is 0 Å². The Kier molecular flexibility index (Phi) is 5.13. The molecule has 1 aromatic rings. The zero-order valence-corrected chi connectivity index (χ0v) is 14.9. The van der Waals surface area contributed by atoms with Crippen LogP contribution >= 0.6 is 15.9 Å². The third kappa shape index (κ3) is 4.34. The molecule has 23 heavy (non-hydrogen) atoms. The second kappa shape index (κ2) is 6.74. The summed E-state index contributed by atoms with van der Waals surface area (Å²) in [6.07, 6.45) is 2.71. The van der Waals surface area contributed by atoms with E-state index in [1.165, 1.54) is 4.90 Å². The van der Waals surface area contributed by atoms with Crippen LogP contribution in [0.3, 0.4) is 0 Å². The molecule has 126 valence electrons. The summed E-state index contributed by atoms with van der Waals surface area (Å²) in [7, 11) is 0. The predicted molar refractivity (Wildman–Crippen MR) is 88.5 cm³/mol. The van der Waals surface area contributed by atoms with E-state index in [0.717, 1.165) is 10.2 Å². The maximum absolute atomic E-state index is 12.2. The zero-order chi connectivity index (χ0) is 17.2. The maximum atomic E-state index is 12.2. The molecule has 1 aromatic heterocycles. The Balaban J connectivity index is 2.17. The summed E-state index contributed by atoms with van der Waals surface area (Å²) in [4.78, 5) is 31.0. The third-order valence-electron chi connectivity index (χ3n) is 3.39. The molecule has 7 nitrogen and oxygen atoms in total. The lowest BCUT2D eigenvalue weighted by Crippen LogP contribution is -2.59. The molecule has 1 amide bonds. The molecular weight excluding hydrogens is 366 g/mol. The fraction of sp³-hybridized carbons (Fsp3) is 0.533. The normalized spacial score (nSPS) is 18.7. The fourth-order valence-electron chi connectivity index (χ4n) is 2.38. The van der Waals surface area contributed by atoms with Gasteiger partial charge in [0.05, 0.1) is 10.2 Å². The number of aliphatic carboxylic acids is 1. The van der Waals surface area contributed by atoms with Crippen LogP contribution in [0.4, 0.5) is 10.5 Å². The number of carbonyl (C=O) groups excluding carboxylic acids is 1. The standard InChI is InChI=1S/C15H20BrN3O4/c1-15(2,3)23-14(22)19-7-6-18(9-12(19)13(20)21)11-4-5-17-8-10(11)16/h4-5,8,12H,6-7,9H2,1-3H3,(H,20,21). The quantitative estimate of drug-likeness (QED) is 0.840. The summed E-state index contributed by atoms with van der Waals surface area (Å²) in [6, 6.07) is 0.852. The second-order valence-corrected chi connectivity index (χ2v) is 7.16. The van der Waals surface area contributed by atoms with Crippen LogP contribution in [0.5, 0.6) is 0 Å². The van der Waals surface area contributed by atoms with E-state index in [1.54, 1.807) is 33.2 Å². The van der Waals surface area contributed by atoms with Crippen molar-refractivity contribution >= 4 is 33.7 Å². The molecule has 1 aliphatic heterocycles. The number of nitrogens with zero attached hydrogens (tertiary/aromatic N) is 3. The number of piperazine rings is 1. The van der Waals surface area contributed by atoms with Crippen LogP contribution in [0.1, 0.15) is 20.8 Å². The van der Waals surface area contributed by atoms with E-state index in [2.05, 4.69) is 20.9 Å². The number of hydrogen-bond acceptors (Lipinski definition) is 5. The summed E-state index contributed by atoms with van der Waals surface area (Å²) in [5.41, 5.74) is 0.195. The molecule has 1 saturated heterocycles. The van der Waals surface area contributed by atoms with E-state index in [-0.39, 0.29) is 13.1 Å². The first-order chi connectivity index (χ1) is 10.7. The van der Waals surface area contributed by atoms with Crippen molar-refractivity contribution < 1.29 is 19.4 Å². The second-order valence-electron chi connectivity index (χ2n) is 6.30. The number of halogens is 1. The van der Waals surface area contributed by atoms with Gasteiger partial charge in [-0.1, -0.05) is 0 Å². The monoisotopic (exact) mass is 385 g/mol. The molecular formula is C15H20BrN3O4. The number of carboxylic acids is 1. The number of anilines is 1. The number of aromatic nitrogens is 1. The minimum Gasteiger partial charge on any atom is -0.480 e. The average molecular weight is 386 g/mol. The van der Waals surface area contributed by atoms with Gasteiger partial charge in [-0.05, 0) is 42.8 Å². The lowest BCUT2D eigenvalue weighted by molar-refractivity contribution is -0.143. The molecule has 8 heteroatoms. The summed E-state index contributed by atoms with van der Waals surface area (Å²) in [5.74, 6) is -1.05. The molecule has 0 saturated carbocycles. The van der Waals surface area contributed by atoms with Crippen LogP contribution in [-0.2, 0) is 9.53 Å². The van der Waals surface area contributed by atoms with Crippen LogP contribution in [0, 0.1) is 0 Å². The van der Waals surface area contributed by atoms with Gasteiger partial charge < -0.3 is 14.7 Å². The first-order valence-electron chi connectivity index (χ1n) is 7.26. The number of rotatable bonds is 2. The van der Waals surface area contributed by atoms with Gasteiger partial charge in [0, 0.05) is 32.0 Å². The van der Waals surface area contributed by atoms with E-state index in [1.807, 2.05) is 11.0 Å². The van der Waals surface area contributed by atoms with Crippen LogP contribution in [0.25, 0.3) is 0 Å². The Hall–Kier alpha value is -1.83. The number of ether oxygens (including phenoxy) is 1.